The minimum absolute atomic E-state index is 0.0217. The van der Waals surface area contributed by atoms with Crippen LogP contribution in [0.1, 0.15) is 47.1 Å². The van der Waals surface area contributed by atoms with E-state index in [0.29, 0.717) is 35.7 Å². The second-order valence-corrected chi connectivity index (χ2v) is 7.40. The average molecular weight is 441 g/mol. The molecule has 0 spiro atoms. The molecule has 0 atom stereocenters. The number of nitrogen functional groups attached to an aromatic ring is 1. The van der Waals surface area contributed by atoms with Gasteiger partial charge in [0, 0.05) is 12.1 Å². The number of carbonyl (C=O) groups is 1. The third-order valence-electron chi connectivity index (χ3n) is 5.23. The maximum atomic E-state index is 13.7. The lowest BCUT2D eigenvalue weighted by molar-refractivity contribution is 0.0982. The molecular formula is C22H27N5O5. The number of anilines is 2. The molecule has 0 fully saturated rings. The number of aromatic amines is 1. The Hall–Kier alpha value is -3.82. The predicted molar refractivity (Wildman–Crippen MR) is 120 cm³/mol. The Morgan fingerprint density at radius 3 is 2.62 bits per heavy atom. The van der Waals surface area contributed by atoms with E-state index in [1.54, 1.807) is 38.1 Å². The number of aryl methyl sites for hydroxylation is 2. The zero-order valence-corrected chi connectivity index (χ0v) is 18.6. The normalized spacial score (nSPS) is 10.9. The largest absolute Gasteiger partial charge is 0.496 e. The Morgan fingerprint density at radius 1 is 1.28 bits per heavy atom. The maximum Gasteiger partial charge on any atom is 0.330 e. The minimum Gasteiger partial charge on any atom is -0.496 e. The zero-order valence-electron chi connectivity index (χ0n) is 18.6. The number of unbranched alkanes of at least 4 members (excludes halogenated alkanes) is 1. The molecule has 1 amide bonds. The van der Waals surface area contributed by atoms with E-state index in [-0.39, 0.29) is 23.6 Å². The number of H-pyrrole nitrogens is 1. The number of rotatable bonds is 8. The molecule has 0 radical (unpaired) electrons. The summed E-state index contributed by atoms with van der Waals surface area (Å²) in [7, 11) is 1.52. The quantitative estimate of drug-likeness (QED) is 0.547. The average Bonchev–Trinajstić information content (AvgIpc) is 3.10. The van der Waals surface area contributed by atoms with Crippen molar-refractivity contribution in [3.8, 4) is 5.75 Å². The number of hydrogen-bond acceptors (Lipinski definition) is 7. The third-order valence-corrected chi connectivity index (χ3v) is 5.23. The minimum atomic E-state index is -0.754. The van der Waals surface area contributed by atoms with Gasteiger partial charge in [0.2, 0.25) is 0 Å². The van der Waals surface area contributed by atoms with Gasteiger partial charge < -0.3 is 15.0 Å². The summed E-state index contributed by atoms with van der Waals surface area (Å²) in [5.74, 6) is 0.248. The summed E-state index contributed by atoms with van der Waals surface area (Å²) in [4.78, 5) is 42.5. The zero-order chi connectivity index (χ0) is 23.4. The third kappa shape index (κ3) is 4.29. The molecule has 0 aliphatic carbocycles. The fourth-order valence-corrected chi connectivity index (χ4v) is 3.56. The lowest BCUT2D eigenvalue weighted by atomic mass is 10.1. The van der Waals surface area contributed by atoms with E-state index in [4.69, 9.17) is 15.0 Å². The standard InChI is InChI=1S/C22H27N5O5/c1-5-6-11-26-19(23)18(20(28)24-22(26)30)27(12-15-9-7-8-10-16(15)31-4)21(29)17-13(2)25-32-14(17)3/h7-10H,5-6,11-12,23H2,1-4H3,(H,24,28,30). The summed E-state index contributed by atoms with van der Waals surface area (Å²) < 4.78 is 11.8. The van der Waals surface area contributed by atoms with Crippen molar-refractivity contribution in [3.63, 3.8) is 0 Å². The van der Waals surface area contributed by atoms with Crippen LogP contribution in [0.15, 0.2) is 38.4 Å². The van der Waals surface area contributed by atoms with Crippen molar-refractivity contribution in [2.45, 2.75) is 46.7 Å². The number of methoxy groups -OCH3 is 1. The van der Waals surface area contributed by atoms with Gasteiger partial charge in [-0.15, -0.1) is 0 Å². The number of ether oxygens (including phenoxy) is 1. The summed E-state index contributed by atoms with van der Waals surface area (Å²) in [5, 5.41) is 3.85. The van der Waals surface area contributed by atoms with E-state index in [1.165, 1.54) is 16.6 Å². The number of aromatic nitrogens is 3. The molecule has 2 heterocycles. The first-order valence-corrected chi connectivity index (χ1v) is 10.3. The molecule has 0 unspecified atom stereocenters. The number of amides is 1. The van der Waals surface area contributed by atoms with Crippen LogP contribution < -0.4 is 26.6 Å². The number of para-hydroxylation sites is 1. The highest BCUT2D eigenvalue weighted by atomic mass is 16.5. The summed E-state index contributed by atoms with van der Waals surface area (Å²) in [6.07, 6.45) is 1.50. The smallest absolute Gasteiger partial charge is 0.330 e. The first-order valence-electron chi connectivity index (χ1n) is 10.3. The lowest BCUT2D eigenvalue weighted by Crippen LogP contribution is -2.41. The SMILES string of the molecule is CCCCn1c(N)c(N(Cc2ccccc2OC)C(=O)c2c(C)noc2C)c(=O)[nH]c1=O. The van der Waals surface area contributed by atoms with Gasteiger partial charge in [0.05, 0.1) is 19.3 Å². The molecule has 0 saturated heterocycles. The highest BCUT2D eigenvalue weighted by Gasteiger charge is 2.30. The maximum absolute atomic E-state index is 13.7. The molecule has 0 aliphatic heterocycles. The van der Waals surface area contributed by atoms with Gasteiger partial charge in [-0.3, -0.25) is 24.0 Å². The van der Waals surface area contributed by atoms with E-state index >= 15 is 0 Å². The van der Waals surface area contributed by atoms with Crippen molar-refractivity contribution in [1.29, 1.82) is 0 Å². The molecule has 10 heteroatoms. The van der Waals surface area contributed by atoms with E-state index in [1.807, 2.05) is 6.92 Å². The monoisotopic (exact) mass is 441 g/mol. The highest BCUT2D eigenvalue weighted by molar-refractivity contribution is 6.08. The first kappa shape index (κ1) is 22.9. The summed E-state index contributed by atoms with van der Waals surface area (Å²) in [6.45, 7) is 5.52. The molecule has 0 saturated carbocycles. The van der Waals surface area contributed by atoms with Crippen LogP contribution in [0, 0.1) is 13.8 Å². The number of nitrogens with zero attached hydrogens (tertiary/aromatic N) is 3. The van der Waals surface area contributed by atoms with Crippen molar-refractivity contribution < 1.29 is 14.1 Å². The molecule has 10 nitrogen and oxygen atoms in total. The molecule has 0 bridgehead atoms. The van der Waals surface area contributed by atoms with Crippen molar-refractivity contribution in [2.24, 2.45) is 0 Å². The Labute approximate surface area is 184 Å². The van der Waals surface area contributed by atoms with E-state index < -0.39 is 17.2 Å². The predicted octanol–water partition coefficient (Wildman–Crippen LogP) is 2.38. The van der Waals surface area contributed by atoms with Crippen LogP contribution in [0.2, 0.25) is 0 Å². The molecule has 0 aliphatic rings. The fourth-order valence-electron chi connectivity index (χ4n) is 3.56. The molecule has 32 heavy (non-hydrogen) atoms. The Bertz CT molecular complexity index is 1220. The van der Waals surface area contributed by atoms with Gasteiger partial charge in [-0.05, 0) is 26.3 Å². The van der Waals surface area contributed by atoms with Crippen LogP contribution in [0.25, 0.3) is 0 Å². The molecule has 2 aromatic heterocycles. The fraction of sp³-hybridized carbons (Fsp3) is 0.364. The van der Waals surface area contributed by atoms with Gasteiger partial charge in [0.1, 0.15) is 22.9 Å². The number of nitrogens with one attached hydrogen (secondary N) is 1. The van der Waals surface area contributed by atoms with Crippen LogP contribution in [0.3, 0.4) is 0 Å². The Morgan fingerprint density at radius 2 is 2.00 bits per heavy atom. The first-order chi connectivity index (χ1) is 15.3. The summed E-state index contributed by atoms with van der Waals surface area (Å²) >= 11 is 0. The molecule has 3 rings (SSSR count). The molecular weight excluding hydrogens is 414 g/mol. The van der Waals surface area contributed by atoms with Crippen LogP contribution in [-0.4, -0.2) is 27.7 Å². The number of hydrogen-bond donors (Lipinski definition) is 2. The Balaban J connectivity index is 2.22. The van der Waals surface area contributed by atoms with Crippen molar-refractivity contribution in [1.82, 2.24) is 14.7 Å². The van der Waals surface area contributed by atoms with E-state index in [2.05, 4.69) is 10.1 Å². The molecule has 3 N–H and O–H groups in total. The van der Waals surface area contributed by atoms with Gasteiger partial charge in [0.25, 0.3) is 11.5 Å². The number of benzene rings is 1. The second kappa shape index (κ2) is 9.54. The van der Waals surface area contributed by atoms with Gasteiger partial charge in [-0.2, -0.15) is 0 Å². The topological polar surface area (TPSA) is 136 Å². The lowest BCUT2D eigenvalue weighted by Gasteiger charge is -2.25. The molecule has 1 aromatic carbocycles. The van der Waals surface area contributed by atoms with Crippen LogP contribution in [-0.2, 0) is 13.1 Å². The van der Waals surface area contributed by atoms with Crippen LogP contribution in [0.5, 0.6) is 5.75 Å². The van der Waals surface area contributed by atoms with Gasteiger partial charge >= 0.3 is 5.69 Å². The van der Waals surface area contributed by atoms with Crippen molar-refractivity contribution in [2.75, 3.05) is 17.7 Å². The second-order valence-electron chi connectivity index (χ2n) is 7.40. The van der Waals surface area contributed by atoms with Crippen LogP contribution >= 0.6 is 0 Å². The number of nitrogens with two attached hydrogens (primary N) is 1. The highest BCUT2D eigenvalue weighted by Crippen LogP contribution is 2.27. The molecule has 3 aromatic rings. The van der Waals surface area contributed by atoms with E-state index in [9.17, 15) is 14.4 Å². The summed E-state index contributed by atoms with van der Waals surface area (Å²) in [6, 6.07) is 7.13. The van der Waals surface area contributed by atoms with Crippen molar-refractivity contribution >= 4 is 17.4 Å². The van der Waals surface area contributed by atoms with Crippen molar-refractivity contribution in [3.05, 3.63) is 67.7 Å². The van der Waals surface area contributed by atoms with Gasteiger partial charge in [-0.25, -0.2) is 4.79 Å². The van der Waals surface area contributed by atoms with Gasteiger partial charge in [0.15, 0.2) is 5.69 Å². The number of carbonyl (C=O) groups excluding carboxylic acids is 1. The van der Waals surface area contributed by atoms with Crippen LogP contribution in [0.4, 0.5) is 11.5 Å². The Kier molecular flexibility index (Phi) is 6.82. The van der Waals surface area contributed by atoms with E-state index in [0.717, 1.165) is 6.42 Å². The van der Waals surface area contributed by atoms with Gasteiger partial charge in [-0.1, -0.05) is 36.7 Å². The molecule has 170 valence electrons. The summed E-state index contributed by atoms with van der Waals surface area (Å²) in [5.41, 5.74) is 6.07.